The SMILES string of the molecule is C[C@H](Oc1cc(N/C=C(\N=N)c2cncs2)nc(-c2noc3c2CCC[C@@]32CCCc3sc(N)c(C#N)c32)n1)[C@@H]1CCCN1C. The van der Waals surface area contributed by atoms with Crippen LogP contribution in [0.1, 0.15) is 77.7 Å². The number of fused-ring (bicyclic) bond motifs is 4. The number of aryl methyl sites for hydroxylation is 1. The first-order valence-electron chi connectivity index (χ1n) is 15.2. The number of nitrogens with zero attached hydrogens (tertiary/aromatic N) is 7. The molecule has 0 amide bonds. The predicted molar refractivity (Wildman–Crippen MR) is 172 cm³/mol. The molecule has 0 saturated carbocycles. The predicted octanol–water partition coefficient (Wildman–Crippen LogP) is 6.37. The molecule has 0 radical (unpaired) electrons. The van der Waals surface area contributed by atoms with Gasteiger partial charge in [0.05, 0.1) is 21.4 Å². The minimum absolute atomic E-state index is 0.0942. The van der Waals surface area contributed by atoms with E-state index in [1.807, 2.05) is 0 Å². The van der Waals surface area contributed by atoms with Gasteiger partial charge in [-0.2, -0.15) is 15.4 Å². The molecule has 1 saturated heterocycles. The molecule has 1 aliphatic heterocycles. The summed E-state index contributed by atoms with van der Waals surface area (Å²) in [6.45, 7) is 3.11. The molecule has 3 aliphatic rings. The van der Waals surface area contributed by atoms with Crippen LogP contribution in [0.25, 0.3) is 17.2 Å². The van der Waals surface area contributed by atoms with Crippen molar-refractivity contribution in [2.75, 3.05) is 24.6 Å². The van der Waals surface area contributed by atoms with E-state index in [2.05, 4.69) is 45.5 Å². The van der Waals surface area contributed by atoms with Crippen LogP contribution in [0, 0.1) is 16.9 Å². The Bertz CT molecular complexity index is 1800. The first kappa shape index (κ1) is 29.5. The fourth-order valence-corrected chi connectivity index (χ4v) is 9.07. The minimum atomic E-state index is -0.440. The van der Waals surface area contributed by atoms with E-state index < -0.39 is 5.41 Å². The molecule has 7 rings (SSSR count). The van der Waals surface area contributed by atoms with Crippen molar-refractivity contribution < 1.29 is 9.26 Å². The number of rotatable bonds is 8. The summed E-state index contributed by atoms with van der Waals surface area (Å²) in [5.41, 5.74) is 18.8. The molecule has 14 heteroatoms. The summed E-state index contributed by atoms with van der Waals surface area (Å²) in [6, 6.07) is 4.43. The lowest BCUT2D eigenvalue weighted by atomic mass is 9.63. The number of likely N-dealkylation sites (tertiary alicyclic amines) is 1. The molecule has 1 fully saturated rings. The smallest absolute Gasteiger partial charge is 0.219 e. The number of hydrogen-bond acceptors (Lipinski definition) is 14. The molecule has 0 bridgehead atoms. The van der Waals surface area contributed by atoms with E-state index in [1.54, 1.807) is 24.0 Å². The van der Waals surface area contributed by atoms with Gasteiger partial charge in [-0.3, -0.25) is 9.88 Å². The zero-order chi connectivity index (χ0) is 31.1. The Balaban J connectivity index is 1.30. The molecule has 4 aromatic rings. The van der Waals surface area contributed by atoms with Gasteiger partial charge >= 0.3 is 0 Å². The number of hydrogen-bond donors (Lipinski definition) is 3. The molecule has 2 aliphatic carbocycles. The van der Waals surface area contributed by atoms with E-state index in [0.717, 1.165) is 79.7 Å². The van der Waals surface area contributed by atoms with E-state index in [9.17, 15) is 5.26 Å². The molecule has 0 unspecified atom stereocenters. The Morgan fingerprint density at radius 1 is 1.33 bits per heavy atom. The second kappa shape index (κ2) is 12.0. The molecule has 45 heavy (non-hydrogen) atoms. The van der Waals surface area contributed by atoms with Gasteiger partial charge in [-0.05, 0) is 77.4 Å². The summed E-state index contributed by atoms with van der Waals surface area (Å²) in [4.78, 5) is 18.1. The lowest BCUT2D eigenvalue weighted by Gasteiger charge is -2.39. The Kier molecular flexibility index (Phi) is 7.84. The van der Waals surface area contributed by atoms with Crippen molar-refractivity contribution in [3.05, 3.63) is 56.2 Å². The van der Waals surface area contributed by atoms with Gasteiger partial charge in [0.2, 0.25) is 5.88 Å². The maximum Gasteiger partial charge on any atom is 0.219 e. The first-order chi connectivity index (χ1) is 21.9. The number of likely N-dealkylation sites (N-methyl/N-ethyl adjacent to an activating group) is 1. The summed E-state index contributed by atoms with van der Waals surface area (Å²) in [5, 5.41) is 22.1. The minimum Gasteiger partial charge on any atom is -0.473 e. The van der Waals surface area contributed by atoms with Crippen LogP contribution in [0.4, 0.5) is 10.8 Å². The van der Waals surface area contributed by atoms with Gasteiger partial charge in [-0.15, -0.1) is 22.7 Å². The average molecular weight is 643 g/mol. The number of thiazole rings is 1. The van der Waals surface area contributed by atoms with Crippen LogP contribution in [0.15, 0.2) is 33.6 Å². The zero-order valence-corrected chi connectivity index (χ0v) is 26.8. The summed E-state index contributed by atoms with van der Waals surface area (Å²) >= 11 is 2.92. The van der Waals surface area contributed by atoms with Crippen molar-refractivity contribution in [3.8, 4) is 23.5 Å². The number of thiophene rings is 1. The molecule has 12 nitrogen and oxygen atoms in total. The van der Waals surface area contributed by atoms with Gasteiger partial charge in [0.25, 0.3) is 0 Å². The topological polar surface area (TPSA) is 175 Å². The van der Waals surface area contributed by atoms with E-state index in [4.69, 9.17) is 30.5 Å². The van der Waals surface area contributed by atoms with E-state index in [1.165, 1.54) is 27.6 Å². The second-order valence-corrected chi connectivity index (χ2v) is 14.0. The largest absolute Gasteiger partial charge is 0.473 e. The first-order valence-corrected chi connectivity index (χ1v) is 16.9. The third-order valence-corrected chi connectivity index (χ3v) is 11.2. The van der Waals surface area contributed by atoms with Crippen LogP contribution < -0.4 is 15.8 Å². The van der Waals surface area contributed by atoms with Crippen molar-refractivity contribution in [2.45, 2.75) is 75.9 Å². The Hall–Kier alpha value is -4.19. The monoisotopic (exact) mass is 642 g/mol. The Morgan fingerprint density at radius 2 is 2.18 bits per heavy atom. The number of nitrogens with one attached hydrogen (secondary N) is 2. The highest BCUT2D eigenvalue weighted by Gasteiger charge is 2.48. The molecule has 1 spiro atoms. The Labute approximate surface area is 268 Å². The van der Waals surface area contributed by atoms with Crippen LogP contribution in [-0.4, -0.2) is 50.7 Å². The summed E-state index contributed by atoms with van der Waals surface area (Å²) in [5.74, 6) is 2.09. The van der Waals surface area contributed by atoms with Gasteiger partial charge in [0.15, 0.2) is 17.3 Å². The standard InChI is InChI=1S/C31H34N10O2S2/c1-17(21-7-5-11-41(21)2)42-25-12-24(36-14-20(39-34)23-15-35-16-44-23)37-30(38-25)27-18-6-3-9-31(28(18)43-40-27)10-4-8-22-26(31)19(13-32)29(33)45-22/h12,14-17,21,34H,3-11,33H2,1-2H3,(H,36,37,38)/b20-14-,39-34?/t17-,21-,31-/m0/s1. The van der Waals surface area contributed by atoms with Crippen molar-refractivity contribution in [3.63, 3.8) is 0 Å². The van der Waals surface area contributed by atoms with Crippen LogP contribution in [0.5, 0.6) is 5.88 Å². The van der Waals surface area contributed by atoms with E-state index in [-0.39, 0.29) is 12.1 Å². The van der Waals surface area contributed by atoms with Crippen LogP contribution in [-0.2, 0) is 18.3 Å². The molecule has 4 N–H and O–H groups in total. The third kappa shape index (κ3) is 5.18. The zero-order valence-electron chi connectivity index (χ0n) is 25.2. The summed E-state index contributed by atoms with van der Waals surface area (Å²) in [6.07, 6.45) is 10.7. The number of anilines is 2. The van der Waals surface area contributed by atoms with Gasteiger partial charge in [0, 0.05) is 34.9 Å². The summed E-state index contributed by atoms with van der Waals surface area (Å²) in [7, 11) is 2.12. The number of aromatic nitrogens is 4. The van der Waals surface area contributed by atoms with Gasteiger partial charge in [-0.1, -0.05) is 5.16 Å². The van der Waals surface area contributed by atoms with Crippen molar-refractivity contribution in [2.24, 2.45) is 5.11 Å². The van der Waals surface area contributed by atoms with Crippen LogP contribution >= 0.6 is 22.7 Å². The quantitative estimate of drug-likeness (QED) is 0.183. The number of nitrogen functional groups attached to an aromatic ring is 1. The third-order valence-electron chi connectivity index (χ3n) is 9.36. The second-order valence-electron chi connectivity index (χ2n) is 12.0. The van der Waals surface area contributed by atoms with Crippen molar-refractivity contribution >= 4 is 39.2 Å². The molecular weight excluding hydrogens is 609 g/mol. The molecule has 0 aromatic carbocycles. The fourth-order valence-electron chi connectivity index (χ4n) is 7.32. The maximum absolute atomic E-state index is 10.1. The number of ether oxygens (including phenoxy) is 1. The fraction of sp³-hybridized carbons (Fsp3) is 0.452. The summed E-state index contributed by atoms with van der Waals surface area (Å²) < 4.78 is 12.7. The molecule has 3 atom stereocenters. The lowest BCUT2D eigenvalue weighted by Crippen LogP contribution is -2.38. The lowest BCUT2D eigenvalue weighted by molar-refractivity contribution is 0.117. The highest BCUT2D eigenvalue weighted by molar-refractivity contribution is 7.16. The van der Waals surface area contributed by atoms with Gasteiger partial charge < -0.3 is 20.3 Å². The Morgan fingerprint density at radius 3 is 2.91 bits per heavy atom. The highest BCUT2D eigenvalue weighted by Crippen LogP contribution is 2.55. The average Bonchev–Trinajstić information content (AvgIpc) is 3.85. The molecule has 5 heterocycles. The van der Waals surface area contributed by atoms with Crippen molar-refractivity contribution in [1.82, 2.24) is 25.0 Å². The normalized spacial score (nSPS) is 22.1. The highest BCUT2D eigenvalue weighted by atomic mass is 32.1. The van der Waals surface area contributed by atoms with Gasteiger partial charge in [0.1, 0.15) is 28.7 Å². The molecule has 4 aromatic heterocycles. The maximum atomic E-state index is 10.1. The number of nitrogens with two attached hydrogens (primary N) is 1. The number of nitriles is 1. The van der Waals surface area contributed by atoms with Crippen LogP contribution in [0.3, 0.4) is 0 Å². The molecular formula is C31H34N10O2S2. The van der Waals surface area contributed by atoms with Crippen molar-refractivity contribution in [1.29, 1.82) is 10.8 Å². The van der Waals surface area contributed by atoms with Gasteiger partial charge in [-0.25, -0.2) is 10.5 Å². The van der Waals surface area contributed by atoms with Crippen LogP contribution in [0.2, 0.25) is 0 Å². The van der Waals surface area contributed by atoms with E-state index in [0.29, 0.717) is 39.5 Å². The molecule has 232 valence electrons. The van der Waals surface area contributed by atoms with E-state index >= 15 is 0 Å².